The molecule has 0 unspecified atom stereocenters. The van der Waals surface area contributed by atoms with Gasteiger partial charge in [-0.2, -0.15) is 0 Å². The molecular formula is C21H21NO. The fourth-order valence-electron chi connectivity index (χ4n) is 5.39. The summed E-state index contributed by atoms with van der Waals surface area (Å²) in [6.45, 7) is 2.26. The number of carbonyl (C=O) groups is 1. The molecule has 2 heteroatoms. The zero-order valence-electron chi connectivity index (χ0n) is 13.6. The van der Waals surface area contributed by atoms with Crippen LogP contribution in [0.4, 0.5) is 0 Å². The average molecular weight is 303 g/mol. The van der Waals surface area contributed by atoms with Crippen molar-refractivity contribution in [1.82, 2.24) is 4.57 Å². The molecule has 23 heavy (non-hydrogen) atoms. The third-order valence-electron chi connectivity index (χ3n) is 6.41. The number of hydrogen-bond donors (Lipinski definition) is 0. The smallest absolute Gasteiger partial charge is 0.163 e. The van der Waals surface area contributed by atoms with Gasteiger partial charge in [-0.15, -0.1) is 0 Å². The van der Waals surface area contributed by atoms with Crippen molar-refractivity contribution in [2.24, 2.45) is 36.6 Å². The van der Waals surface area contributed by atoms with Crippen molar-refractivity contribution in [1.29, 1.82) is 0 Å². The highest BCUT2D eigenvalue weighted by Crippen LogP contribution is 2.58. The summed E-state index contributed by atoms with van der Waals surface area (Å²) in [5.74, 6) is 2.71. The van der Waals surface area contributed by atoms with E-state index < -0.39 is 0 Å². The molecule has 1 aromatic heterocycles. The molecule has 0 N–H and O–H groups in total. The lowest BCUT2D eigenvalue weighted by Gasteiger charge is -2.21. The van der Waals surface area contributed by atoms with Gasteiger partial charge in [0.2, 0.25) is 0 Å². The largest absolute Gasteiger partial charge is 0.350 e. The number of rotatable bonds is 1. The Balaban J connectivity index is 1.62. The maximum absolute atomic E-state index is 13.0. The molecule has 0 aliphatic heterocycles. The predicted octanol–water partition coefficient (Wildman–Crippen LogP) is 4.22. The Morgan fingerprint density at radius 1 is 1.17 bits per heavy atom. The first-order valence-electron chi connectivity index (χ1n) is 8.63. The van der Waals surface area contributed by atoms with Gasteiger partial charge in [-0.1, -0.05) is 37.3 Å². The summed E-state index contributed by atoms with van der Waals surface area (Å²) in [5, 5.41) is 1.24. The number of allylic oxidation sites excluding steroid dienone is 3. The fraction of sp³-hybridized carbons (Fsp3) is 0.381. The lowest BCUT2D eigenvalue weighted by molar-refractivity contribution is -0.118. The van der Waals surface area contributed by atoms with Crippen LogP contribution in [0.5, 0.6) is 0 Å². The van der Waals surface area contributed by atoms with Crippen LogP contribution in [0.1, 0.15) is 18.9 Å². The van der Waals surface area contributed by atoms with Crippen LogP contribution in [0.15, 0.2) is 48.2 Å². The number of aryl methyl sites for hydroxylation is 1. The van der Waals surface area contributed by atoms with E-state index in [0.717, 1.165) is 5.57 Å². The van der Waals surface area contributed by atoms with Crippen LogP contribution in [0.25, 0.3) is 17.0 Å². The molecule has 116 valence electrons. The van der Waals surface area contributed by atoms with Crippen molar-refractivity contribution >= 4 is 22.8 Å². The van der Waals surface area contributed by atoms with Gasteiger partial charge in [0.05, 0.1) is 0 Å². The second kappa shape index (κ2) is 4.47. The standard InChI is InChI=1S/C21H21NO/c1-12-17(21(23)20-14-8-7-13(9-14)19(12)20)10-15-11-22(2)18-6-4-3-5-16(15)18/h3-8,10-14,19-20H,9H2,1-2H3/b17-10+/t12-,13+,14-,19-,20+/m1/s1. The Bertz CT molecular complexity index is 884. The van der Waals surface area contributed by atoms with Gasteiger partial charge in [-0.3, -0.25) is 4.79 Å². The maximum atomic E-state index is 13.0. The first-order chi connectivity index (χ1) is 11.1. The van der Waals surface area contributed by atoms with E-state index in [2.05, 4.69) is 67.2 Å². The first-order valence-corrected chi connectivity index (χ1v) is 8.63. The molecule has 0 saturated heterocycles. The second-order valence-corrected chi connectivity index (χ2v) is 7.52. The number of benzene rings is 1. The molecule has 2 bridgehead atoms. The fourth-order valence-corrected chi connectivity index (χ4v) is 5.39. The number of ketones is 1. The summed E-state index contributed by atoms with van der Waals surface area (Å²) < 4.78 is 2.15. The van der Waals surface area contributed by atoms with Crippen LogP contribution in [0, 0.1) is 29.6 Å². The lowest BCUT2D eigenvalue weighted by Crippen LogP contribution is -2.20. The van der Waals surface area contributed by atoms with Crippen LogP contribution in [0.3, 0.4) is 0 Å². The van der Waals surface area contributed by atoms with E-state index in [1.165, 1.54) is 22.9 Å². The molecule has 3 aliphatic rings. The highest BCUT2D eigenvalue weighted by molar-refractivity contribution is 6.06. The molecule has 5 atom stereocenters. The minimum Gasteiger partial charge on any atom is -0.350 e. The number of fused-ring (bicyclic) bond motifs is 6. The summed E-state index contributed by atoms with van der Waals surface area (Å²) in [7, 11) is 2.07. The minimum absolute atomic E-state index is 0.251. The molecule has 1 aromatic carbocycles. The van der Waals surface area contributed by atoms with Crippen LogP contribution in [-0.2, 0) is 11.8 Å². The average Bonchev–Trinajstić information content (AvgIpc) is 3.29. The SMILES string of the molecule is C[C@@H]1/C(=C\c2cn(C)c3ccccc23)C(=O)[C@@H]2[C@H]1[C@H]1C=C[C@@H]2C1. The van der Waals surface area contributed by atoms with E-state index in [9.17, 15) is 4.79 Å². The predicted molar refractivity (Wildman–Crippen MR) is 92.8 cm³/mol. The topological polar surface area (TPSA) is 22.0 Å². The maximum Gasteiger partial charge on any atom is 0.163 e. The summed E-state index contributed by atoms with van der Waals surface area (Å²) in [6, 6.07) is 8.42. The quantitative estimate of drug-likeness (QED) is 0.571. The van der Waals surface area contributed by atoms with Crippen molar-refractivity contribution in [3.8, 4) is 0 Å². The molecule has 1 heterocycles. The van der Waals surface area contributed by atoms with E-state index >= 15 is 0 Å². The Labute approximate surface area is 136 Å². The number of para-hydroxylation sites is 1. The molecule has 2 aromatic rings. The Hall–Kier alpha value is -2.09. The zero-order valence-corrected chi connectivity index (χ0v) is 13.6. The number of hydrogen-bond acceptors (Lipinski definition) is 1. The molecular weight excluding hydrogens is 282 g/mol. The van der Waals surface area contributed by atoms with Crippen molar-refractivity contribution in [2.75, 3.05) is 0 Å². The first kappa shape index (κ1) is 13.4. The Morgan fingerprint density at radius 3 is 2.78 bits per heavy atom. The van der Waals surface area contributed by atoms with Gasteiger partial charge >= 0.3 is 0 Å². The van der Waals surface area contributed by atoms with Crippen LogP contribution in [0.2, 0.25) is 0 Å². The van der Waals surface area contributed by atoms with E-state index in [1.807, 2.05) is 0 Å². The molecule has 2 saturated carbocycles. The summed E-state index contributed by atoms with van der Waals surface area (Å²) >= 11 is 0. The van der Waals surface area contributed by atoms with E-state index in [-0.39, 0.29) is 5.92 Å². The van der Waals surface area contributed by atoms with Crippen LogP contribution >= 0.6 is 0 Å². The normalized spacial score (nSPS) is 36.5. The molecule has 5 rings (SSSR count). The number of nitrogens with zero attached hydrogens (tertiary/aromatic N) is 1. The number of aromatic nitrogens is 1. The molecule has 0 amide bonds. The Kier molecular flexibility index (Phi) is 2.60. The van der Waals surface area contributed by atoms with Gasteiger partial charge in [0.25, 0.3) is 0 Å². The third kappa shape index (κ3) is 1.67. The van der Waals surface area contributed by atoms with Gasteiger partial charge in [-0.05, 0) is 47.8 Å². The van der Waals surface area contributed by atoms with Gasteiger partial charge in [0.15, 0.2) is 5.78 Å². The van der Waals surface area contributed by atoms with Crippen molar-refractivity contribution < 1.29 is 4.79 Å². The van der Waals surface area contributed by atoms with Crippen LogP contribution < -0.4 is 0 Å². The molecule has 0 spiro atoms. The molecule has 2 nitrogen and oxygen atoms in total. The number of carbonyl (C=O) groups excluding carboxylic acids is 1. The third-order valence-corrected chi connectivity index (χ3v) is 6.41. The zero-order chi connectivity index (χ0) is 15.7. The van der Waals surface area contributed by atoms with Gasteiger partial charge in [0, 0.05) is 35.6 Å². The van der Waals surface area contributed by atoms with Gasteiger partial charge in [-0.25, -0.2) is 0 Å². The molecule has 3 aliphatic carbocycles. The van der Waals surface area contributed by atoms with Crippen molar-refractivity contribution in [3.63, 3.8) is 0 Å². The minimum atomic E-state index is 0.251. The van der Waals surface area contributed by atoms with Crippen molar-refractivity contribution in [2.45, 2.75) is 13.3 Å². The number of Topliss-reactive ketones (excluding diaryl/α,β-unsaturated/α-hetero) is 1. The van der Waals surface area contributed by atoms with Gasteiger partial charge < -0.3 is 4.57 Å². The monoisotopic (exact) mass is 303 g/mol. The Morgan fingerprint density at radius 2 is 1.96 bits per heavy atom. The highest BCUT2D eigenvalue weighted by Gasteiger charge is 2.56. The van der Waals surface area contributed by atoms with Crippen LogP contribution in [-0.4, -0.2) is 10.4 Å². The van der Waals surface area contributed by atoms with Crippen molar-refractivity contribution in [3.05, 3.63) is 53.8 Å². The summed E-state index contributed by atoms with van der Waals surface area (Å²) in [6.07, 6.45) is 10.2. The highest BCUT2D eigenvalue weighted by atomic mass is 16.1. The summed E-state index contributed by atoms with van der Waals surface area (Å²) in [4.78, 5) is 13.0. The molecule has 2 fully saturated rings. The van der Waals surface area contributed by atoms with E-state index in [4.69, 9.17) is 0 Å². The molecule has 0 radical (unpaired) electrons. The van der Waals surface area contributed by atoms with E-state index in [0.29, 0.717) is 29.5 Å². The van der Waals surface area contributed by atoms with E-state index in [1.54, 1.807) is 0 Å². The lowest BCUT2D eigenvalue weighted by atomic mass is 9.81. The second-order valence-electron chi connectivity index (χ2n) is 7.52. The summed E-state index contributed by atoms with van der Waals surface area (Å²) in [5.41, 5.74) is 3.45. The van der Waals surface area contributed by atoms with Gasteiger partial charge in [0.1, 0.15) is 0 Å².